The molecule has 2 N–H and O–H groups in total. The van der Waals surface area contributed by atoms with E-state index in [1.165, 1.54) is 28.5 Å². The molecule has 0 unspecified atom stereocenters. The number of esters is 1. The third kappa shape index (κ3) is 4.39. The highest BCUT2D eigenvalue weighted by molar-refractivity contribution is 5.94. The van der Waals surface area contributed by atoms with Gasteiger partial charge in [-0.25, -0.2) is 9.78 Å². The maximum atomic E-state index is 12.8. The van der Waals surface area contributed by atoms with Gasteiger partial charge in [0, 0.05) is 24.8 Å². The molecule has 0 saturated carbocycles. The van der Waals surface area contributed by atoms with Gasteiger partial charge in [-0.15, -0.1) is 0 Å². The van der Waals surface area contributed by atoms with Gasteiger partial charge in [-0.2, -0.15) is 0 Å². The van der Waals surface area contributed by atoms with E-state index < -0.39 is 17.4 Å². The van der Waals surface area contributed by atoms with E-state index in [0.29, 0.717) is 43.0 Å². The second-order valence-corrected chi connectivity index (χ2v) is 6.87. The lowest BCUT2D eigenvalue weighted by Gasteiger charge is -2.09. The Morgan fingerprint density at radius 2 is 1.84 bits per heavy atom. The fourth-order valence-corrected chi connectivity index (χ4v) is 3.13. The third-order valence-corrected chi connectivity index (χ3v) is 4.65. The number of amides is 1. The van der Waals surface area contributed by atoms with Crippen molar-refractivity contribution in [2.45, 2.75) is 39.8 Å². The van der Waals surface area contributed by atoms with E-state index in [2.05, 4.69) is 25.0 Å². The molecule has 0 atom stereocenters. The van der Waals surface area contributed by atoms with Gasteiger partial charge in [0.1, 0.15) is 23.6 Å². The van der Waals surface area contributed by atoms with Gasteiger partial charge in [-0.3, -0.25) is 28.5 Å². The van der Waals surface area contributed by atoms with Gasteiger partial charge in [0.25, 0.3) is 11.5 Å². The number of nitrogens with one attached hydrogen (secondary N) is 2. The van der Waals surface area contributed by atoms with Crippen molar-refractivity contribution < 1.29 is 14.3 Å². The quantitative estimate of drug-likeness (QED) is 0.502. The minimum atomic E-state index is -0.570. The molecule has 0 spiro atoms. The monoisotopic (exact) mass is 428 g/mol. The topological polar surface area (TPSA) is 141 Å². The Morgan fingerprint density at radius 1 is 1.13 bits per heavy atom. The molecule has 11 nitrogen and oxygen atoms in total. The van der Waals surface area contributed by atoms with Crippen LogP contribution in [-0.4, -0.2) is 49.6 Å². The number of carbonyl (C=O) groups is 2. The number of hydrogen-bond acceptors (Lipinski definition) is 7. The van der Waals surface area contributed by atoms with Crippen LogP contribution in [0.1, 0.15) is 37.2 Å². The number of carbonyl (C=O) groups excluding carboxylic acids is 2. The Balaban J connectivity index is 1.98. The minimum absolute atomic E-state index is 0.108. The standard InChI is InChI=1S/C20H24N6O5/c1-4-8-25-17-15(19(29)26(9-5-2)20(25)30)23-16(24-17)12-6-7-13(21-10-12)18(28)22-11-14(27)31-3/h6-7,10H,4-5,8-9,11H2,1-3H3,(H,22,28)(H,23,24). The normalized spacial score (nSPS) is 10.9. The van der Waals surface area contributed by atoms with E-state index in [-0.39, 0.29) is 23.4 Å². The average Bonchev–Trinajstić information content (AvgIpc) is 3.23. The zero-order valence-electron chi connectivity index (χ0n) is 17.6. The summed E-state index contributed by atoms with van der Waals surface area (Å²) in [5, 5.41) is 2.40. The number of H-pyrrole nitrogens is 1. The van der Waals surface area contributed by atoms with Gasteiger partial charge in [0.05, 0.1) is 7.11 Å². The number of nitrogens with zero attached hydrogens (tertiary/aromatic N) is 4. The number of methoxy groups -OCH3 is 1. The van der Waals surface area contributed by atoms with Crippen molar-refractivity contribution in [2.75, 3.05) is 13.7 Å². The second kappa shape index (κ2) is 9.37. The molecule has 164 valence electrons. The molecule has 3 rings (SSSR count). The van der Waals surface area contributed by atoms with Crippen LogP contribution in [0, 0.1) is 0 Å². The predicted octanol–water partition coefficient (Wildman–Crippen LogP) is 0.671. The maximum Gasteiger partial charge on any atom is 0.332 e. The molecule has 3 heterocycles. The van der Waals surface area contributed by atoms with E-state index in [4.69, 9.17) is 0 Å². The Morgan fingerprint density at radius 3 is 2.45 bits per heavy atom. The second-order valence-electron chi connectivity index (χ2n) is 6.87. The van der Waals surface area contributed by atoms with E-state index >= 15 is 0 Å². The minimum Gasteiger partial charge on any atom is -0.468 e. The Hall–Kier alpha value is -3.76. The van der Waals surface area contributed by atoms with Gasteiger partial charge in [0.15, 0.2) is 5.65 Å². The number of pyridine rings is 1. The van der Waals surface area contributed by atoms with Crippen LogP contribution in [0.5, 0.6) is 0 Å². The van der Waals surface area contributed by atoms with E-state index in [9.17, 15) is 19.2 Å². The summed E-state index contributed by atoms with van der Waals surface area (Å²) < 4.78 is 7.18. The zero-order chi connectivity index (χ0) is 22.5. The lowest BCUT2D eigenvalue weighted by molar-refractivity contribution is -0.139. The molecule has 0 bridgehead atoms. The molecule has 0 aliphatic carbocycles. The summed E-state index contributed by atoms with van der Waals surface area (Å²) in [7, 11) is 1.23. The summed E-state index contributed by atoms with van der Waals surface area (Å²) in [5.41, 5.74) is 0.389. The molecule has 1 amide bonds. The van der Waals surface area contributed by atoms with Crippen LogP contribution in [0.15, 0.2) is 27.9 Å². The molecule has 31 heavy (non-hydrogen) atoms. The molecule has 0 aromatic carbocycles. The predicted molar refractivity (Wildman–Crippen MR) is 113 cm³/mol. The van der Waals surface area contributed by atoms with Crippen LogP contribution < -0.4 is 16.6 Å². The lowest BCUT2D eigenvalue weighted by Crippen LogP contribution is -2.40. The molecule has 0 fully saturated rings. The fourth-order valence-electron chi connectivity index (χ4n) is 3.13. The number of rotatable bonds is 8. The van der Waals surface area contributed by atoms with Gasteiger partial charge in [-0.05, 0) is 25.0 Å². The largest absolute Gasteiger partial charge is 0.468 e. The highest BCUT2D eigenvalue weighted by Gasteiger charge is 2.18. The molecule has 3 aromatic rings. The zero-order valence-corrected chi connectivity index (χ0v) is 17.6. The van der Waals surface area contributed by atoms with Crippen molar-refractivity contribution in [2.24, 2.45) is 0 Å². The van der Waals surface area contributed by atoms with E-state index in [1.807, 2.05) is 13.8 Å². The highest BCUT2D eigenvalue weighted by atomic mass is 16.5. The summed E-state index contributed by atoms with van der Waals surface area (Å²) in [6.07, 6.45) is 2.78. The summed E-state index contributed by atoms with van der Waals surface area (Å²) in [6.45, 7) is 4.33. The van der Waals surface area contributed by atoms with Crippen molar-refractivity contribution in [1.82, 2.24) is 29.4 Å². The molecular weight excluding hydrogens is 404 g/mol. The first-order chi connectivity index (χ1) is 14.9. The van der Waals surface area contributed by atoms with Crippen LogP contribution in [0.2, 0.25) is 0 Å². The molecule has 3 aromatic heterocycles. The number of aromatic amines is 1. The van der Waals surface area contributed by atoms with Gasteiger partial charge in [0.2, 0.25) is 0 Å². The number of hydrogen-bond donors (Lipinski definition) is 2. The number of ether oxygens (including phenoxy) is 1. The van der Waals surface area contributed by atoms with Crippen LogP contribution in [0.25, 0.3) is 22.6 Å². The van der Waals surface area contributed by atoms with Crippen LogP contribution in [0.4, 0.5) is 0 Å². The first-order valence-corrected chi connectivity index (χ1v) is 9.96. The van der Waals surface area contributed by atoms with Crippen LogP contribution >= 0.6 is 0 Å². The first-order valence-electron chi connectivity index (χ1n) is 9.96. The Labute approximate surface area is 177 Å². The van der Waals surface area contributed by atoms with Crippen molar-refractivity contribution in [1.29, 1.82) is 0 Å². The smallest absolute Gasteiger partial charge is 0.332 e. The van der Waals surface area contributed by atoms with Gasteiger partial charge >= 0.3 is 11.7 Å². The van der Waals surface area contributed by atoms with Crippen molar-refractivity contribution in [3.63, 3.8) is 0 Å². The summed E-state index contributed by atoms with van der Waals surface area (Å²) in [6, 6.07) is 3.09. The third-order valence-electron chi connectivity index (χ3n) is 4.65. The lowest BCUT2D eigenvalue weighted by atomic mass is 10.2. The molecule has 0 aliphatic rings. The summed E-state index contributed by atoms with van der Waals surface area (Å²) >= 11 is 0. The van der Waals surface area contributed by atoms with Gasteiger partial charge < -0.3 is 15.0 Å². The number of imidazole rings is 1. The van der Waals surface area contributed by atoms with Crippen molar-refractivity contribution >= 4 is 23.0 Å². The van der Waals surface area contributed by atoms with Gasteiger partial charge in [-0.1, -0.05) is 13.8 Å². The number of aromatic nitrogens is 5. The summed E-state index contributed by atoms with van der Waals surface area (Å²) in [4.78, 5) is 60.3. The molecule has 0 radical (unpaired) electrons. The Bertz CT molecular complexity index is 1220. The Kier molecular flexibility index (Phi) is 6.63. The molecule has 0 aliphatic heterocycles. The SMILES string of the molecule is CCCn1c(=O)c2[nH]c(-c3ccc(C(=O)NCC(=O)OC)nc3)nc2n(CCC)c1=O. The number of fused-ring (bicyclic) bond motifs is 1. The molecule has 11 heteroatoms. The molecular formula is C20H24N6O5. The van der Waals surface area contributed by atoms with Crippen LogP contribution in [0.3, 0.4) is 0 Å². The highest BCUT2D eigenvalue weighted by Crippen LogP contribution is 2.18. The fraction of sp³-hybridized carbons (Fsp3) is 0.400. The van der Waals surface area contributed by atoms with E-state index in [1.54, 1.807) is 6.07 Å². The first kappa shape index (κ1) is 21.9. The molecule has 0 saturated heterocycles. The maximum absolute atomic E-state index is 12.8. The number of aryl methyl sites for hydroxylation is 1. The van der Waals surface area contributed by atoms with E-state index in [0.717, 1.165) is 0 Å². The van der Waals surface area contributed by atoms with Crippen molar-refractivity contribution in [3.8, 4) is 11.4 Å². The van der Waals surface area contributed by atoms with Crippen molar-refractivity contribution in [3.05, 3.63) is 44.9 Å². The van der Waals surface area contributed by atoms with Crippen LogP contribution in [-0.2, 0) is 22.6 Å². The summed E-state index contributed by atoms with van der Waals surface area (Å²) in [5.74, 6) is -0.737. The average molecular weight is 428 g/mol.